The summed E-state index contributed by atoms with van der Waals surface area (Å²) in [4.78, 5) is 20.8. The number of carbonyl (C=O) groups excluding carboxylic acids is 1. The zero-order chi connectivity index (χ0) is 21.1. The predicted octanol–water partition coefficient (Wildman–Crippen LogP) is 2.69. The van der Waals surface area contributed by atoms with Crippen LogP contribution in [0, 0.1) is 0 Å². The average Bonchev–Trinajstić information content (AvgIpc) is 3.14. The van der Waals surface area contributed by atoms with Crippen molar-refractivity contribution in [2.75, 3.05) is 70.1 Å². The molecule has 7 heteroatoms. The van der Waals surface area contributed by atoms with E-state index in [2.05, 4.69) is 22.0 Å². The van der Waals surface area contributed by atoms with Gasteiger partial charge < -0.3 is 24.0 Å². The molecule has 0 radical (unpaired) electrons. The van der Waals surface area contributed by atoms with E-state index < -0.39 is 0 Å². The molecule has 1 aromatic carbocycles. The summed E-state index contributed by atoms with van der Waals surface area (Å²) in [7, 11) is 3.41. The van der Waals surface area contributed by atoms with Gasteiger partial charge in [0.2, 0.25) is 0 Å². The van der Waals surface area contributed by atoms with E-state index in [1.165, 1.54) is 11.3 Å². The first-order valence-corrected chi connectivity index (χ1v) is 10.0. The Labute approximate surface area is 173 Å². The maximum Gasteiger partial charge on any atom is 0.252 e. The fraction of sp³-hybridized carbons (Fsp3) is 0.545. The van der Waals surface area contributed by atoms with Gasteiger partial charge in [-0.3, -0.25) is 9.79 Å². The fourth-order valence-electron chi connectivity index (χ4n) is 3.14. The quantitative estimate of drug-likeness (QED) is 0.397. The molecule has 0 spiro atoms. The van der Waals surface area contributed by atoms with Crippen LogP contribution in [-0.2, 0) is 25.4 Å². The SMILES string of the molecule is CC=N/C(=C\C)CN1CCc2ccc(N(C)C(=O)COCCOCCOC)cc21. The van der Waals surface area contributed by atoms with E-state index >= 15 is 0 Å². The Hall–Kier alpha value is -2.22. The van der Waals surface area contributed by atoms with Gasteiger partial charge in [0.05, 0.1) is 38.7 Å². The van der Waals surface area contributed by atoms with Crippen LogP contribution in [0.1, 0.15) is 19.4 Å². The van der Waals surface area contributed by atoms with Gasteiger partial charge in [-0.25, -0.2) is 0 Å². The Morgan fingerprint density at radius 1 is 1.21 bits per heavy atom. The molecule has 0 fully saturated rings. The number of aliphatic imine (C=N–C) groups is 1. The van der Waals surface area contributed by atoms with Gasteiger partial charge in [0.1, 0.15) is 6.61 Å². The van der Waals surface area contributed by atoms with Gasteiger partial charge in [-0.15, -0.1) is 0 Å². The van der Waals surface area contributed by atoms with Gasteiger partial charge in [-0.1, -0.05) is 12.1 Å². The lowest BCUT2D eigenvalue weighted by atomic mass is 10.1. The minimum Gasteiger partial charge on any atom is -0.382 e. The van der Waals surface area contributed by atoms with Crippen molar-refractivity contribution in [1.82, 2.24) is 0 Å². The van der Waals surface area contributed by atoms with Crippen molar-refractivity contribution >= 4 is 23.5 Å². The molecule has 0 aromatic heterocycles. The first-order chi connectivity index (χ1) is 14.1. The van der Waals surface area contributed by atoms with Crippen LogP contribution < -0.4 is 9.80 Å². The number of fused-ring (bicyclic) bond motifs is 1. The zero-order valence-corrected chi connectivity index (χ0v) is 18.0. The molecular weight excluding hydrogens is 370 g/mol. The van der Waals surface area contributed by atoms with Crippen molar-refractivity contribution in [1.29, 1.82) is 0 Å². The summed E-state index contributed by atoms with van der Waals surface area (Å²) < 4.78 is 15.7. The van der Waals surface area contributed by atoms with Crippen molar-refractivity contribution in [3.63, 3.8) is 0 Å². The molecule has 0 saturated heterocycles. The monoisotopic (exact) mass is 403 g/mol. The molecule has 1 heterocycles. The summed E-state index contributed by atoms with van der Waals surface area (Å²) in [5, 5.41) is 0. The summed E-state index contributed by atoms with van der Waals surface area (Å²) in [6.45, 7) is 7.58. The van der Waals surface area contributed by atoms with E-state index in [-0.39, 0.29) is 12.5 Å². The molecule has 1 aliphatic rings. The number of hydrogen-bond donors (Lipinski definition) is 0. The number of benzene rings is 1. The highest BCUT2D eigenvalue weighted by Gasteiger charge is 2.21. The Morgan fingerprint density at radius 3 is 2.69 bits per heavy atom. The van der Waals surface area contributed by atoms with Crippen LogP contribution in [0.25, 0.3) is 0 Å². The molecular formula is C22H33N3O4. The second-order valence-electron chi connectivity index (χ2n) is 6.76. The number of allylic oxidation sites excluding steroid dienone is 1. The Bertz CT molecular complexity index is 718. The fourth-order valence-corrected chi connectivity index (χ4v) is 3.14. The third-order valence-electron chi connectivity index (χ3n) is 4.83. The molecule has 29 heavy (non-hydrogen) atoms. The smallest absolute Gasteiger partial charge is 0.252 e. The summed E-state index contributed by atoms with van der Waals surface area (Å²) in [5.41, 5.74) is 4.37. The second kappa shape index (κ2) is 12.4. The summed E-state index contributed by atoms with van der Waals surface area (Å²) in [6, 6.07) is 6.18. The Balaban J connectivity index is 1.91. The largest absolute Gasteiger partial charge is 0.382 e. The number of amides is 1. The normalized spacial score (nSPS) is 13.9. The lowest BCUT2D eigenvalue weighted by molar-refractivity contribution is -0.123. The van der Waals surface area contributed by atoms with Gasteiger partial charge in [0.15, 0.2) is 0 Å². The summed E-state index contributed by atoms with van der Waals surface area (Å²) >= 11 is 0. The molecule has 0 atom stereocenters. The molecule has 1 aliphatic heterocycles. The molecule has 2 rings (SSSR count). The standard InChI is InChI=1S/C22H33N3O4/c1-5-19(23-6-2)16-25-10-9-18-7-8-20(15-21(18)25)24(3)22(26)17-29-14-13-28-12-11-27-4/h5-8,15H,9-14,16-17H2,1-4H3/b19-5-,23-6?. The molecule has 1 aromatic rings. The maximum atomic E-state index is 12.5. The lowest BCUT2D eigenvalue weighted by Crippen LogP contribution is -2.31. The lowest BCUT2D eigenvalue weighted by Gasteiger charge is -2.23. The number of nitrogens with zero attached hydrogens (tertiary/aromatic N) is 3. The van der Waals surface area contributed by atoms with Crippen LogP contribution in [0.3, 0.4) is 0 Å². The molecule has 1 amide bonds. The predicted molar refractivity (Wildman–Crippen MR) is 117 cm³/mol. The number of hydrogen-bond acceptors (Lipinski definition) is 6. The van der Waals surface area contributed by atoms with Crippen molar-refractivity contribution in [3.05, 3.63) is 35.5 Å². The van der Waals surface area contributed by atoms with E-state index in [0.29, 0.717) is 26.4 Å². The first kappa shape index (κ1) is 23.1. The van der Waals surface area contributed by atoms with Gasteiger partial charge in [0.25, 0.3) is 5.91 Å². The van der Waals surface area contributed by atoms with Crippen molar-refractivity contribution < 1.29 is 19.0 Å². The molecule has 7 nitrogen and oxygen atoms in total. The third kappa shape index (κ3) is 6.96. The van der Waals surface area contributed by atoms with Crippen LogP contribution in [0.4, 0.5) is 11.4 Å². The van der Waals surface area contributed by atoms with Crippen molar-refractivity contribution in [2.24, 2.45) is 4.99 Å². The Morgan fingerprint density at radius 2 is 1.97 bits per heavy atom. The third-order valence-corrected chi connectivity index (χ3v) is 4.83. The van der Waals surface area contributed by atoms with Crippen molar-refractivity contribution in [2.45, 2.75) is 20.3 Å². The van der Waals surface area contributed by atoms with Crippen LogP contribution in [0.15, 0.2) is 35.0 Å². The van der Waals surface area contributed by atoms with E-state index in [9.17, 15) is 4.79 Å². The first-order valence-electron chi connectivity index (χ1n) is 10.0. The van der Waals surface area contributed by atoms with Gasteiger partial charge in [-0.2, -0.15) is 0 Å². The number of rotatable bonds is 12. The molecule has 0 aliphatic carbocycles. The molecule has 0 unspecified atom stereocenters. The van der Waals surface area contributed by atoms with E-state index in [0.717, 1.165) is 30.9 Å². The minimum atomic E-state index is -0.0869. The summed E-state index contributed by atoms with van der Waals surface area (Å²) in [6.07, 6.45) is 4.86. The number of carbonyl (C=O) groups is 1. The number of ether oxygens (including phenoxy) is 3. The van der Waals surface area contributed by atoms with Crippen LogP contribution >= 0.6 is 0 Å². The zero-order valence-electron chi connectivity index (χ0n) is 18.0. The molecule has 160 valence electrons. The molecule has 0 bridgehead atoms. The highest BCUT2D eigenvalue weighted by Crippen LogP contribution is 2.32. The maximum absolute atomic E-state index is 12.5. The number of likely N-dealkylation sites (N-methyl/N-ethyl adjacent to an activating group) is 1. The van der Waals surface area contributed by atoms with Gasteiger partial charge in [-0.05, 0) is 38.0 Å². The Kier molecular flexibility index (Phi) is 9.83. The van der Waals surface area contributed by atoms with Crippen molar-refractivity contribution in [3.8, 4) is 0 Å². The van der Waals surface area contributed by atoms with Crippen LogP contribution in [0.5, 0.6) is 0 Å². The van der Waals surface area contributed by atoms with E-state index in [1.807, 2.05) is 32.2 Å². The molecule has 0 saturated carbocycles. The topological polar surface area (TPSA) is 63.6 Å². The second-order valence-corrected chi connectivity index (χ2v) is 6.76. The van der Waals surface area contributed by atoms with E-state index in [1.54, 1.807) is 19.1 Å². The van der Waals surface area contributed by atoms with Gasteiger partial charge >= 0.3 is 0 Å². The highest BCUT2D eigenvalue weighted by molar-refractivity contribution is 5.94. The average molecular weight is 404 g/mol. The molecule has 0 N–H and O–H groups in total. The van der Waals surface area contributed by atoms with E-state index in [4.69, 9.17) is 14.2 Å². The summed E-state index contributed by atoms with van der Waals surface area (Å²) in [5.74, 6) is -0.0869. The van der Waals surface area contributed by atoms with Crippen LogP contribution in [0.2, 0.25) is 0 Å². The minimum absolute atomic E-state index is 0.0267. The number of methoxy groups -OCH3 is 1. The highest BCUT2D eigenvalue weighted by atomic mass is 16.5. The number of anilines is 2. The van der Waals surface area contributed by atoms with Gasteiger partial charge in [0, 0.05) is 38.3 Å². The van der Waals surface area contributed by atoms with Crippen LogP contribution in [-0.4, -0.2) is 72.4 Å².